The maximum atomic E-state index is 13.0. The van der Waals surface area contributed by atoms with Gasteiger partial charge in [-0.05, 0) is 30.3 Å². The van der Waals surface area contributed by atoms with Gasteiger partial charge in [-0.1, -0.05) is 6.07 Å². The fraction of sp³-hybridized carbons (Fsp3) is 0.235. The largest absolute Gasteiger partial charge is 0.336 e. The molecule has 27 heavy (non-hydrogen) atoms. The summed E-state index contributed by atoms with van der Waals surface area (Å²) in [6.45, 7) is 0.477. The van der Waals surface area contributed by atoms with Crippen LogP contribution in [0.3, 0.4) is 0 Å². The van der Waals surface area contributed by atoms with E-state index in [0.29, 0.717) is 5.56 Å². The maximum Gasteiger partial charge on any atom is 0.270 e. The molecule has 10 heteroatoms. The van der Waals surface area contributed by atoms with Crippen LogP contribution in [0.4, 0.5) is 10.1 Å². The number of carbonyl (C=O) groups is 1. The molecule has 1 heterocycles. The number of non-ortho nitro benzene ring substituents is 1. The highest BCUT2D eigenvalue weighted by Crippen LogP contribution is 2.22. The number of halogens is 1. The fourth-order valence-corrected chi connectivity index (χ4v) is 4.28. The molecule has 1 amide bonds. The lowest BCUT2D eigenvalue weighted by Gasteiger charge is -2.34. The monoisotopic (exact) mass is 393 g/mol. The Labute approximate surface area is 155 Å². The van der Waals surface area contributed by atoms with Crippen molar-refractivity contribution in [2.24, 2.45) is 0 Å². The molecule has 0 atom stereocenters. The first-order chi connectivity index (χ1) is 12.8. The number of carbonyl (C=O) groups excluding carboxylic acids is 1. The predicted octanol–water partition coefficient (Wildman–Crippen LogP) is 1.88. The van der Waals surface area contributed by atoms with Crippen LogP contribution in [-0.2, 0) is 10.0 Å². The molecule has 0 radical (unpaired) electrons. The van der Waals surface area contributed by atoms with Crippen LogP contribution in [0, 0.1) is 15.9 Å². The summed E-state index contributed by atoms with van der Waals surface area (Å²) in [7, 11) is -3.90. The van der Waals surface area contributed by atoms with Crippen molar-refractivity contribution in [2.75, 3.05) is 26.2 Å². The smallest absolute Gasteiger partial charge is 0.270 e. The minimum absolute atomic E-state index is 0.0674. The van der Waals surface area contributed by atoms with Gasteiger partial charge in [0.2, 0.25) is 10.0 Å². The highest BCUT2D eigenvalue weighted by molar-refractivity contribution is 7.89. The molecule has 0 unspecified atom stereocenters. The summed E-state index contributed by atoms with van der Waals surface area (Å²) in [6, 6.07) is 10.0. The SMILES string of the molecule is O=C(c1ccc(F)cc1)N1CCN(S(=O)(=O)c2cccc([N+](=O)[O-])c2)CC1. The van der Waals surface area contributed by atoms with Crippen molar-refractivity contribution in [2.45, 2.75) is 4.90 Å². The first-order valence-electron chi connectivity index (χ1n) is 8.08. The number of nitro groups is 1. The first kappa shape index (κ1) is 18.9. The number of hydrogen-bond acceptors (Lipinski definition) is 5. The van der Waals surface area contributed by atoms with Crippen LogP contribution in [0.15, 0.2) is 53.4 Å². The summed E-state index contributed by atoms with van der Waals surface area (Å²) >= 11 is 0. The first-order valence-corrected chi connectivity index (χ1v) is 9.52. The van der Waals surface area contributed by atoms with Crippen LogP contribution in [-0.4, -0.2) is 54.6 Å². The number of amides is 1. The van der Waals surface area contributed by atoms with E-state index in [1.54, 1.807) is 0 Å². The van der Waals surface area contributed by atoms with Crippen molar-refractivity contribution in [3.05, 3.63) is 70.0 Å². The van der Waals surface area contributed by atoms with Crippen LogP contribution in [0.1, 0.15) is 10.4 Å². The molecular formula is C17H16FN3O5S. The molecule has 0 bridgehead atoms. The zero-order chi connectivity index (χ0) is 19.6. The van der Waals surface area contributed by atoms with E-state index < -0.39 is 20.8 Å². The van der Waals surface area contributed by atoms with Gasteiger partial charge >= 0.3 is 0 Å². The van der Waals surface area contributed by atoms with Crippen molar-refractivity contribution in [1.82, 2.24) is 9.21 Å². The van der Waals surface area contributed by atoms with Crippen LogP contribution in [0.5, 0.6) is 0 Å². The van der Waals surface area contributed by atoms with E-state index in [1.807, 2.05) is 0 Å². The summed E-state index contributed by atoms with van der Waals surface area (Å²) in [5.74, 6) is -0.748. The van der Waals surface area contributed by atoms with E-state index in [9.17, 15) is 27.7 Å². The topological polar surface area (TPSA) is 101 Å². The van der Waals surface area contributed by atoms with Crippen LogP contribution in [0.2, 0.25) is 0 Å². The van der Waals surface area contributed by atoms with Crippen molar-refractivity contribution < 1.29 is 22.5 Å². The fourth-order valence-electron chi connectivity index (χ4n) is 2.81. The van der Waals surface area contributed by atoms with E-state index in [1.165, 1.54) is 51.7 Å². The lowest BCUT2D eigenvalue weighted by molar-refractivity contribution is -0.385. The lowest BCUT2D eigenvalue weighted by atomic mass is 10.2. The molecule has 2 aromatic rings. The van der Waals surface area contributed by atoms with Gasteiger partial charge in [-0.3, -0.25) is 14.9 Å². The quantitative estimate of drug-likeness (QED) is 0.583. The number of nitrogens with zero attached hydrogens (tertiary/aromatic N) is 3. The molecule has 0 aliphatic carbocycles. The van der Waals surface area contributed by atoms with E-state index in [-0.39, 0.29) is 42.7 Å². The molecular weight excluding hydrogens is 377 g/mol. The van der Waals surface area contributed by atoms with E-state index in [2.05, 4.69) is 0 Å². The minimum Gasteiger partial charge on any atom is -0.336 e. The van der Waals surface area contributed by atoms with Crippen molar-refractivity contribution in [1.29, 1.82) is 0 Å². The van der Waals surface area contributed by atoms with E-state index in [0.717, 1.165) is 6.07 Å². The number of sulfonamides is 1. The Kier molecular flexibility index (Phi) is 5.19. The van der Waals surface area contributed by atoms with Crippen LogP contribution in [0.25, 0.3) is 0 Å². The molecule has 0 aromatic heterocycles. The second-order valence-corrected chi connectivity index (χ2v) is 7.90. The molecule has 0 spiro atoms. The number of nitro benzene ring substituents is 1. The standard InChI is InChI=1S/C17H16FN3O5S/c18-14-6-4-13(5-7-14)17(22)19-8-10-20(11-9-19)27(25,26)16-3-1-2-15(12-16)21(23)24/h1-7,12H,8-11H2. The van der Waals surface area contributed by atoms with Crippen LogP contribution >= 0.6 is 0 Å². The Morgan fingerprint density at radius 2 is 1.67 bits per heavy atom. The summed E-state index contributed by atoms with van der Waals surface area (Å²) in [6.07, 6.45) is 0. The van der Waals surface area contributed by atoms with Gasteiger partial charge in [-0.25, -0.2) is 12.8 Å². The average molecular weight is 393 g/mol. The second-order valence-electron chi connectivity index (χ2n) is 5.96. The van der Waals surface area contributed by atoms with Gasteiger partial charge in [0.05, 0.1) is 9.82 Å². The van der Waals surface area contributed by atoms with Crippen molar-refractivity contribution in [3.63, 3.8) is 0 Å². The average Bonchev–Trinajstić information content (AvgIpc) is 2.68. The Morgan fingerprint density at radius 3 is 2.26 bits per heavy atom. The molecule has 142 valence electrons. The number of rotatable bonds is 4. The van der Waals surface area contributed by atoms with Gasteiger partial charge in [0.25, 0.3) is 11.6 Å². The summed E-state index contributed by atoms with van der Waals surface area (Å²) in [5.41, 5.74) is 0.0209. The predicted molar refractivity (Wildman–Crippen MR) is 94.2 cm³/mol. The second kappa shape index (κ2) is 7.41. The Bertz CT molecular complexity index is 970. The summed E-state index contributed by atoms with van der Waals surface area (Å²) in [4.78, 5) is 24.0. The Balaban J connectivity index is 1.71. The molecule has 3 rings (SSSR count). The molecule has 1 aliphatic heterocycles. The van der Waals surface area contributed by atoms with Gasteiger partial charge in [0, 0.05) is 43.9 Å². The number of benzene rings is 2. The van der Waals surface area contributed by atoms with Gasteiger partial charge in [0.1, 0.15) is 5.82 Å². The molecule has 0 N–H and O–H groups in total. The third-order valence-electron chi connectivity index (χ3n) is 4.28. The molecule has 1 aliphatic rings. The molecule has 1 fully saturated rings. The lowest BCUT2D eigenvalue weighted by Crippen LogP contribution is -2.50. The van der Waals surface area contributed by atoms with Gasteiger partial charge < -0.3 is 4.90 Å². The number of hydrogen-bond donors (Lipinski definition) is 0. The molecule has 2 aromatic carbocycles. The summed E-state index contributed by atoms with van der Waals surface area (Å²) < 4.78 is 39.6. The van der Waals surface area contributed by atoms with Crippen molar-refractivity contribution >= 4 is 21.6 Å². The van der Waals surface area contributed by atoms with E-state index in [4.69, 9.17) is 0 Å². The molecule has 0 saturated carbocycles. The third-order valence-corrected chi connectivity index (χ3v) is 6.18. The van der Waals surface area contributed by atoms with Gasteiger partial charge in [-0.15, -0.1) is 0 Å². The van der Waals surface area contributed by atoms with Gasteiger partial charge in [-0.2, -0.15) is 4.31 Å². The summed E-state index contributed by atoms with van der Waals surface area (Å²) in [5, 5.41) is 10.9. The Hall–Kier alpha value is -2.85. The van der Waals surface area contributed by atoms with E-state index >= 15 is 0 Å². The maximum absolute atomic E-state index is 13.0. The minimum atomic E-state index is -3.90. The zero-order valence-electron chi connectivity index (χ0n) is 14.1. The highest BCUT2D eigenvalue weighted by Gasteiger charge is 2.31. The molecule has 1 saturated heterocycles. The normalized spacial score (nSPS) is 15.5. The Morgan fingerprint density at radius 1 is 1.04 bits per heavy atom. The van der Waals surface area contributed by atoms with Crippen molar-refractivity contribution in [3.8, 4) is 0 Å². The third kappa shape index (κ3) is 3.96. The highest BCUT2D eigenvalue weighted by atomic mass is 32.2. The number of piperazine rings is 1. The van der Waals surface area contributed by atoms with Gasteiger partial charge in [0.15, 0.2) is 0 Å². The van der Waals surface area contributed by atoms with Crippen LogP contribution < -0.4 is 0 Å². The zero-order valence-corrected chi connectivity index (χ0v) is 14.9. The molecule has 8 nitrogen and oxygen atoms in total.